The van der Waals surface area contributed by atoms with Crippen LogP contribution >= 0.6 is 0 Å². The Kier molecular flexibility index (Phi) is 3.53. The van der Waals surface area contributed by atoms with E-state index >= 15 is 0 Å². The number of aryl methyl sites for hydroxylation is 1. The number of nitrogens with one attached hydrogen (secondary N) is 2. The summed E-state index contributed by atoms with van der Waals surface area (Å²) in [5, 5.41) is 5.76. The summed E-state index contributed by atoms with van der Waals surface area (Å²) in [7, 11) is 0. The van der Waals surface area contributed by atoms with Crippen LogP contribution in [0.3, 0.4) is 0 Å². The van der Waals surface area contributed by atoms with Gasteiger partial charge >= 0.3 is 0 Å². The highest BCUT2D eigenvalue weighted by Gasteiger charge is 2.51. The van der Waals surface area contributed by atoms with E-state index in [2.05, 4.69) is 10.6 Å². The summed E-state index contributed by atoms with van der Waals surface area (Å²) >= 11 is 0. The van der Waals surface area contributed by atoms with E-state index in [0.717, 1.165) is 16.9 Å². The molecule has 1 fully saturated rings. The molecule has 2 aliphatic heterocycles. The lowest BCUT2D eigenvalue weighted by Gasteiger charge is -2.46. The molecular weight excluding hydrogens is 316 g/mol. The number of para-hydroxylation sites is 1. The molecule has 2 amide bonds. The third kappa shape index (κ3) is 2.76. The molecule has 2 aromatic carbocycles. The van der Waals surface area contributed by atoms with Crippen LogP contribution in [0.5, 0.6) is 5.75 Å². The van der Waals surface area contributed by atoms with Gasteiger partial charge in [-0.25, -0.2) is 0 Å². The first-order valence-corrected chi connectivity index (χ1v) is 8.43. The van der Waals surface area contributed by atoms with Crippen molar-refractivity contribution in [1.29, 1.82) is 0 Å². The van der Waals surface area contributed by atoms with Gasteiger partial charge in [0.1, 0.15) is 11.7 Å². The van der Waals surface area contributed by atoms with E-state index in [4.69, 9.17) is 4.74 Å². The fraction of sp³-hybridized carbons (Fsp3) is 0.300. The largest absolute Gasteiger partial charge is 0.468 e. The predicted molar refractivity (Wildman–Crippen MR) is 94.3 cm³/mol. The van der Waals surface area contributed by atoms with Gasteiger partial charge in [0.05, 0.1) is 0 Å². The molecule has 0 spiro atoms. The second-order valence-corrected chi connectivity index (χ2v) is 7.01. The topological polar surface area (TPSA) is 67.4 Å². The van der Waals surface area contributed by atoms with E-state index in [1.165, 1.54) is 0 Å². The molecule has 2 heterocycles. The highest BCUT2D eigenvalue weighted by atomic mass is 16.5. The molecule has 1 saturated heterocycles. The van der Waals surface area contributed by atoms with Gasteiger partial charge in [0.25, 0.3) is 0 Å². The third-order valence-electron chi connectivity index (χ3n) is 4.90. The Hall–Kier alpha value is -2.82. The summed E-state index contributed by atoms with van der Waals surface area (Å²) in [6.07, 6.45) is 0.571. The molecule has 0 saturated carbocycles. The zero-order valence-corrected chi connectivity index (χ0v) is 14.2. The minimum absolute atomic E-state index is 0.200. The van der Waals surface area contributed by atoms with Crippen LogP contribution in [0.1, 0.15) is 30.4 Å². The minimum atomic E-state index is -0.779. The Balaban J connectivity index is 1.67. The Morgan fingerprint density at radius 3 is 2.84 bits per heavy atom. The van der Waals surface area contributed by atoms with Gasteiger partial charge in [-0.15, -0.1) is 0 Å². The van der Waals surface area contributed by atoms with Crippen LogP contribution in [0.2, 0.25) is 0 Å². The van der Waals surface area contributed by atoms with E-state index in [0.29, 0.717) is 12.1 Å². The quantitative estimate of drug-likeness (QED) is 0.829. The normalized spacial score (nSPS) is 26.9. The van der Waals surface area contributed by atoms with Gasteiger partial charge in [-0.1, -0.05) is 30.3 Å². The molecule has 5 heteroatoms. The van der Waals surface area contributed by atoms with Gasteiger partial charge in [-0.2, -0.15) is 0 Å². The van der Waals surface area contributed by atoms with E-state index in [1.807, 2.05) is 62.4 Å². The van der Waals surface area contributed by atoms with Gasteiger partial charge < -0.3 is 15.4 Å². The average molecular weight is 336 g/mol. The van der Waals surface area contributed by atoms with Crippen LogP contribution in [0.15, 0.2) is 48.5 Å². The summed E-state index contributed by atoms with van der Waals surface area (Å²) in [6.45, 7) is 3.81. The first-order chi connectivity index (χ1) is 12.0. The van der Waals surface area contributed by atoms with Crippen molar-refractivity contribution in [3.05, 3.63) is 59.7 Å². The van der Waals surface area contributed by atoms with E-state index < -0.39 is 11.6 Å². The zero-order chi connectivity index (χ0) is 17.6. The van der Waals surface area contributed by atoms with Crippen LogP contribution in [-0.2, 0) is 9.59 Å². The number of ether oxygens (including phenoxy) is 1. The van der Waals surface area contributed by atoms with Gasteiger partial charge in [-0.05, 0) is 43.2 Å². The number of piperidine rings is 1. The molecular formula is C20H20N2O3. The predicted octanol–water partition coefficient (Wildman–Crippen LogP) is 2.96. The smallest absolute Gasteiger partial charge is 0.237 e. The highest BCUT2D eigenvalue weighted by Crippen LogP contribution is 2.46. The van der Waals surface area contributed by atoms with Crippen molar-refractivity contribution < 1.29 is 14.3 Å². The monoisotopic (exact) mass is 336 g/mol. The van der Waals surface area contributed by atoms with E-state index in [9.17, 15) is 9.59 Å². The Morgan fingerprint density at radius 1 is 1.24 bits per heavy atom. The van der Waals surface area contributed by atoms with Gasteiger partial charge in [-0.3, -0.25) is 9.59 Å². The maximum Gasteiger partial charge on any atom is 0.237 e. The molecule has 2 aromatic rings. The number of fused-ring (bicyclic) bond motifs is 4. The first kappa shape index (κ1) is 15.7. The van der Waals surface area contributed by atoms with Crippen LogP contribution in [-0.4, -0.2) is 17.5 Å². The summed E-state index contributed by atoms with van der Waals surface area (Å²) in [5.74, 6) is -0.827. The van der Waals surface area contributed by atoms with Gasteiger partial charge in [0.15, 0.2) is 5.72 Å². The van der Waals surface area contributed by atoms with Crippen molar-refractivity contribution >= 4 is 17.5 Å². The molecule has 3 atom stereocenters. The molecule has 2 unspecified atom stereocenters. The van der Waals surface area contributed by atoms with Crippen molar-refractivity contribution in [2.45, 2.75) is 31.9 Å². The molecule has 0 aromatic heterocycles. The van der Waals surface area contributed by atoms with Crippen LogP contribution in [0.4, 0.5) is 5.69 Å². The van der Waals surface area contributed by atoms with E-state index in [1.54, 1.807) is 0 Å². The van der Waals surface area contributed by atoms with Crippen molar-refractivity contribution in [2.75, 3.05) is 5.32 Å². The van der Waals surface area contributed by atoms with Crippen molar-refractivity contribution in [3.8, 4) is 5.75 Å². The van der Waals surface area contributed by atoms with Crippen molar-refractivity contribution in [1.82, 2.24) is 5.32 Å². The summed E-state index contributed by atoms with van der Waals surface area (Å²) in [4.78, 5) is 25.6. The van der Waals surface area contributed by atoms with Crippen LogP contribution in [0.25, 0.3) is 0 Å². The minimum Gasteiger partial charge on any atom is -0.468 e. The molecule has 2 aliphatic rings. The van der Waals surface area contributed by atoms with Crippen LogP contribution in [0, 0.1) is 12.8 Å². The van der Waals surface area contributed by atoms with Crippen molar-refractivity contribution in [3.63, 3.8) is 0 Å². The van der Waals surface area contributed by atoms with Crippen LogP contribution < -0.4 is 15.4 Å². The number of hydrogen-bond donors (Lipinski definition) is 2. The molecule has 5 nitrogen and oxygen atoms in total. The number of benzene rings is 2. The lowest BCUT2D eigenvalue weighted by molar-refractivity contribution is -0.145. The number of amides is 2. The standard InChI is InChI=1S/C20H20N2O3/c1-12-6-5-7-13(10-12)21-18(23)17-15-11-20(2,22-19(17)24)25-16-9-4-3-8-14(15)16/h3-10,15,17H,11H2,1-2H3,(H,21,23)(H,22,24)/t15?,17?,20-/m1/s1. The number of carbonyl (C=O) groups excluding carboxylic acids is 2. The summed E-state index contributed by atoms with van der Waals surface area (Å²) < 4.78 is 5.96. The lowest BCUT2D eigenvalue weighted by Crippen LogP contribution is -2.62. The molecule has 128 valence electrons. The van der Waals surface area contributed by atoms with Crippen molar-refractivity contribution in [2.24, 2.45) is 5.92 Å². The maximum atomic E-state index is 12.9. The average Bonchev–Trinajstić information content (AvgIpc) is 2.53. The lowest BCUT2D eigenvalue weighted by atomic mass is 9.74. The number of hydrogen-bond acceptors (Lipinski definition) is 3. The zero-order valence-electron chi connectivity index (χ0n) is 14.2. The van der Waals surface area contributed by atoms with Gasteiger partial charge in [0.2, 0.25) is 11.8 Å². The number of carbonyl (C=O) groups is 2. The molecule has 4 rings (SSSR count). The third-order valence-corrected chi connectivity index (χ3v) is 4.90. The summed E-state index contributed by atoms with van der Waals surface area (Å²) in [6, 6.07) is 15.2. The molecule has 0 radical (unpaired) electrons. The SMILES string of the molecule is Cc1cccc(NC(=O)C2C(=O)N[C@@]3(C)CC2c2ccccc2O3)c1. The molecule has 25 heavy (non-hydrogen) atoms. The molecule has 2 bridgehead atoms. The fourth-order valence-electron chi connectivity index (χ4n) is 3.83. The second kappa shape index (κ2) is 5.62. The highest BCUT2D eigenvalue weighted by molar-refractivity contribution is 6.08. The maximum absolute atomic E-state index is 12.9. The molecule has 0 aliphatic carbocycles. The van der Waals surface area contributed by atoms with Gasteiger partial charge in [0, 0.05) is 18.0 Å². The summed E-state index contributed by atoms with van der Waals surface area (Å²) in [5.41, 5.74) is 1.90. The van der Waals surface area contributed by atoms with E-state index in [-0.39, 0.29) is 17.7 Å². The number of anilines is 1. The number of rotatable bonds is 2. The Morgan fingerprint density at radius 2 is 2.04 bits per heavy atom. The second-order valence-electron chi connectivity index (χ2n) is 7.01. The Bertz CT molecular complexity index is 864. The molecule has 2 N–H and O–H groups in total. The Labute approximate surface area is 146 Å². The first-order valence-electron chi connectivity index (χ1n) is 8.43. The fourth-order valence-corrected chi connectivity index (χ4v) is 3.83.